The molecule has 0 spiro atoms. The van der Waals surface area contributed by atoms with E-state index in [0.29, 0.717) is 18.0 Å². The average Bonchev–Trinajstić information content (AvgIpc) is 2.64. The van der Waals surface area contributed by atoms with E-state index in [-0.39, 0.29) is 0 Å². The highest BCUT2D eigenvalue weighted by Crippen LogP contribution is 2.47. The molecule has 0 bridgehead atoms. The molecule has 1 rings (SSSR count). The van der Waals surface area contributed by atoms with E-state index in [1.165, 1.54) is 12.8 Å². The Labute approximate surface area is 63.2 Å². The molecule has 10 heavy (non-hydrogen) atoms. The van der Waals surface area contributed by atoms with E-state index in [4.69, 9.17) is 6.42 Å². The molecule has 0 radical (unpaired) electrons. The van der Waals surface area contributed by atoms with Gasteiger partial charge in [-0.2, -0.15) is 0 Å². The second-order valence-electron chi connectivity index (χ2n) is 3.46. The summed E-state index contributed by atoms with van der Waals surface area (Å²) in [5, 5.41) is 3.30. The first-order chi connectivity index (χ1) is 4.69. The summed E-state index contributed by atoms with van der Waals surface area (Å²) in [5.74, 6) is 2.59. The highest BCUT2D eigenvalue weighted by molar-refractivity contribution is 4.98. The largest absolute Gasteiger partial charge is 0.303 e. The molecule has 0 aromatic heterocycles. The number of rotatable bonds is 3. The third-order valence-corrected chi connectivity index (χ3v) is 2.59. The standard InChI is InChI=1S/C9H15N/c1-4-7-10-8(2)9(3)5-6-9/h1,8,10H,5-7H2,2-3H3. The van der Waals surface area contributed by atoms with Crippen molar-refractivity contribution in [3.63, 3.8) is 0 Å². The van der Waals surface area contributed by atoms with Gasteiger partial charge in [-0.05, 0) is 25.2 Å². The van der Waals surface area contributed by atoms with E-state index < -0.39 is 0 Å². The van der Waals surface area contributed by atoms with Crippen LogP contribution in [0.1, 0.15) is 26.7 Å². The lowest BCUT2D eigenvalue weighted by molar-refractivity contribution is 0.397. The van der Waals surface area contributed by atoms with Crippen molar-refractivity contribution < 1.29 is 0 Å². The molecule has 1 saturated carbocycles. The van der Waals surface area contributed by atoms with Gasteiger partial charge in [0.1, 0.15) is 0 Å². The lowest BCUT2D eigenvalue weighted by atomic mass is 10.0. The van der Waals surface area contributed by atoms with E-state index >= 15 is 0 Å². The van der Waals surface area contributed by atoms with Crippen LogP contribution >= 0.6 is 0 Å². The predicted molar refractivity (Wildman–Crippen MR) is 43.6 cm³/mol. The van der Waals surface area contributed by atoms with E-state index in [1.54, 1.807) is 0 Å². The predicted octanol–water partition coefficient (Wildman–Crippen LogP) is 1.40. The van der Waals surface area contributed by atoms with Crippen molar-refractivity contribution >= 4 is 0 Å². The second kappa shape index (κ2) is 2.64. The van der Waals surface area contributed by atoms with Gasteiger partial charge in [0.25, 0.3) is 0 Å². The van der Waals surface area contributed by atoms with Crippen LogP contribution in [0.5, 0.6) is 0 Å². The highest BCUT2D eigenvalue weighted by Gasteiger charge is 2.41. The van der Waals surface area contributed by atoms with Crippen molar-refractivity contribution in [1.29, 1.82) is 0 Å². The normalized spacial score (nSPS) is 23.3. The third kappa shape index (κ3) is 1.52. The Hall–Kier alpha value is -0.480. The minimum Gasteiger partial charge on any atom is -0.303 e. The Bertz CT molecular complexity index is 151. The maximum absolute atomic E-state index is 5.13. The van der Waals surface area contributed by atoms with Gasteiger partial charge in [-0.3, -0.25) is 0 Å². The van der Waals surface area contributed by atoms with Gasteiger partial charge in [0.05, 0.1) is 6.54 Å². The van der Waals surface area contributed by atoms with Gasteiger partial charge in [-0.25, -0.2) is 0 Å². The molecule has 0 aliphatic heterocycles. The zero-order chi connectivity index (χ0) is 7.61. The first-order valence-electron chi connectivity index (χ1n) is 3.86. The molecule has 0 aromatic carbocycles. The smallest absolute Gasteiger partial charge is 0.0576 e. The number of nitrogens with one attached hydrogen (secondary N) is 1. The Morgan fingerprint density at radius 1 is 1.70 bits per heavy atom. The fourth-order valence-corrected chi connectivity index (χ4v) is 1.09. The quantitative estimate of drug-likeness (QED) is 0.580. The molecular weight excluding hydrogens is 122 g/mol. The summed E-state index contributed by atoms with van der Waals surface area (Å²) in [4.78, 5) is 0. The Morgan fingerprint density at radius 3 is 2.70 bits per heavy atom. The second-order valence-corrected chi connectivity index (χ2v) is 3.46. The van der Waals surface area contributed by atoms with Crippen LogP contribution in [-0.2, 0) is 0 Å². The maximum Gasteiger partial charge on any atom is 0.0576 e. The van der Waals surface area contributed by atoms with Gasteiger partial charge < -0.3 is 5.32 Å². The lowest BCUT2D eigenvalue weighted by Gasteiger charge is -2.18. The number of terminal acetylenes is 1. The van der Waals surface area contributed by atoms with Gasteiger partial charge in [0.2, 0.25) is 0 Å². The molecule has 1 aliphatic rings. The first kappa shape index (κ1) is 7.63. The van der Waals surface area contributed by atoms with Crippen LogP contribution in [0.15, 0.2) is 0 Å². The van der Waals surface area contributed by atoms with Gasteiger partial charge >= 0.3 is 0 Å². The summed E-state index contributed by atoms with van der Waals surface area (Å²) < 4.78 is 0. The molecule has 0 heterocycles. The minimum absolute atomic E-state index is 0.552. The van der Waals surface area contributed by atoms with Crippen LogP contribution in [0.3, 0.4) is 0 Å². The molecule has 1 atom stereocenters. The van der Waals surface area contributed by atoms with Gasteiger partial charge in [0, 0.05) is 6.04 Å². The fourth-order valence-electron chi connectivity index (χ4n) is 1.09. The maximum atomic E-state index is 5.13. The molecule has 1 N–H and O–H groups in total. The summed E-state index contributed by atoms with van der Waals surface area (Å²) in [5.41, 5.74) is 0.552. The van der Waals surface area contributed by atoms with E-state index in [9.17, 15) is 0 Å². The average molecular weight is 137 g/mol. The molecule has 0 aromatic rings. The fraction of sp³-hybridized carbons (Fsp3) is 0.778. The minimum atomic E-state index is 0.552. The Kier molecular flexibility index (Phi) is 2.01. The van der Waals surface area contributed by atoms with Crippen LogP contribution in [0.4, 0.5) is 0 Å². The van der Waals surface area contributed by atoms with Crippen molar-refractivity contribution in [2.45, 2.75) is 32.7 Å². The lowest BCUT2D eigenvalue weighted by Crippen LogP contribution is -2.33. The Morgan fingerprint density at radius 2 is 2.30 bits per heavy atom. The summed E-state index contributed by atoms with van der Waals surface area (Å²) >= 11 is 0. The SMILES string of the molecule is C#CCNC(C)C1(C)CC1. The van der Waals surface area contributed by atoms with Crippen LogP contribution in [0.2, 0.25) is 0 Å². The molecule has 1 heteroatoms. The van der Waals surface area contributed by atoms with Gasteiger partial charge in [-0.1, -0.05) is 12.8 Å². The number of hydrogen-bond donors (Lipinski definition) is 1. The topological polar surface area (TPSA) is 12.0 Å². The van der Waals surface area contributed by atoms with Crippen molar-refractivity contribution in [3.8, 4) is 12.3 Å². The van der Waals surface area contributed by atoms with Gasteiger partial charge in [0.15, 0.2) is 0 Å². The molecule has 1 fully saturated rings. The molecule has 1 unspecified atom stereocenters. The monoisotopic (exact) mass is 137 g/mol. The van der Waals surface area contributed by atoms with Crippen molar-refractivity contribution in [2.24, 2.45) is 5.41 Å². The molecule has 0 saturated heterocycles. The summed E-state index contributed by atoms with van der Waals surface area (Å²) in [6.07, 6.45) is 7.83. The molecular formula is C9H15N. The van der Waals surface area contributed by atoms with Crippen LogP contribution in [0, 0.1) is 17.8 Å². The summed E-state index contributed by atoms with van der Waals surface area (Å²) in [6, 6.07) is 0.587. The molecule has 0 amide bonds. The van der Waals surface area contributed by atoms with E-state index in [2.05, 4.69) is 25.1 Å². The number of hydrogen-bond acceptors (Lipinski definition) is 1. The van der Waals surface area contributed by atoms with Crippen molar-refractivity contribution in [2.75, 3.05) is 6.54 Å². The Balaban J connectivity index is 2.23. The first-order valence-corrected chi connectivity index (χ1v) is 3.86. The van der Waals surface area contributed by atoms with Crippen LogP contribution in [-0.4, -0.2) is 12.6 Å². The highest BCUT2D eigenvalue weighted by atomic mass is 14.9. The zero-order valence-electron chi connectivity index (χ0n) is 6.78. The van der Waals surface area contributed by atoms with Crippen molar-refractivity contribution in [3.05, 3.63) is 0 Å². The third-order valence-electron chi connectivity index (χ3n) is 2.59. The molecule has 1 nitrogen and oxygen atoms in total. The van der Waals surface area contributed by atoms with E-state index in [1.807, 2.05) is 0 Å². The summed E-state index contributed by atoms with van der Waals surface area (Å²) in [7, 11) is 0. The van der Waals surface area contributed by atoms with Crippen LogP contribution < -0.4 is 5.32 Å². The summed E-state index contributed by atoms with van der Waals surface area (Å²) in [6.45, 7) is 5.22. The molecule has 1 aliphatic carbocycles. The van der Waals surface area contributed by atoms with Crippen LogP contribution in [0.25, 0.3) is 0 Å². The van der Waals surface area contributed by atoms with Crippen molar-refractivity contribution in [1.82, 2.24) is 5.32 Å². The van der Waals surface area contributed by atoms with E-state index in [0.717, 1.165) is 0 Å². The molecule has 56 valence electrons. The van der Waals surface area contributed by atoms with Gasteiger partial charge in [-0.15, -0.1) is 6.42 Å². The zero-order valence-corrected chi connectivity index (χ0v) is 6.78.